The number of fused-ring (bicyclic) bond motifs is 1. The summed E-state index contributed by atoms with van der Waals surface area (Å²) in [6.07, 6.45) is 3.20. The van der Waals surface area contributed by atoms with Crippen molar-refractivity contribution in [3.63, 3.8) is 0 Å². The molecule has 4 rings (SSSR count). The lowest BCUT2D eigenvalue weighted by Crippen LogP contribution is -2.42. The van der Waals surface area contributed by atoms with Crippen molar-refractivity contribution >= 4 is 16.8 Å². The fraction of sp³-hybridized carbons (Fsp3) is 0.286. The van der Waals surface area contributed by atoms with Gasteiger partial charge in [-0.3, -0.25) is 4.79 Å². The molecule has 4 nitrogen and oxygen atoms in total. The number of rotatable bonds is 5. The van der Waals surface area contributed by atoms with Gasteiger partial charge in [0, 0.05) is 11.7 Å². The number of aromatic nitrogens is 1. The average molecular weight is 334 g/mol. The van der Waals surface area contributed by atoms with Crippen LogP contribution in [0.25, 0.3) is 10.9 Å². The zero-order chi connectivity index (χ0) is 17.2. The van der Waals surface area contributed by atoms with Crippen LogP contribution in [0.5, 0.6) is 0 Å². The molecule has 1 amide bonds. The molecule has 128 valence electrons. The van der Waals surface area contributed by atoms with E-state index in [0.29, 0.717) is 12.5 Å². The lowest BCUT2D eigenvalue weighted by molar-refractivity contribution is -0.123. The van der Waals surface area contributed by atoms with Crippen molar-refractivity contribution in [2.75, 3.05) is 0 Å². The molecule has 0 saturated heterocycles. The van der Waals surface area contributed by atoms with Gasteiger partial charge in [0.1, 0.15) is 6.54 Å². The number of nitrogens with zero attached hydrogens (tertiary/aromatic N) is 1. The van der Waals surface area contributed by atoms with E-state index in [1.807, 2.05) is 71.4 Å². The molecule has 1 aliphatic carbocycles. The first-order chi connectivity index (χ1) is 12.2. The smallest absolute Gasteiger partial charge is 0.240 e. The fourth-order valence-electron chi connectivity index (χ4n) is 3.69. The molecule has 0 radical (unpaired) electrons. The van der Waals surface area contributed by atoms with Crippen molar-refractivity contribution in [2.24, 2.45) is 5.92 Å². The monoisotopic (exact) mass is 334 g/mol. The molecule has 4 heteroatoms. The van der Waals surface area contributed by atoms with Crippen LogP contribution in [0.4, 0.5) is 0 Å². The summed E-state index contributed by atoms with van der Waals surface area (Å²) in [4.78, 5) is 12.7. The van der Waals surface area contributed by atoms with Crippen LogP contribution in [0.3, 0.4) is 0 Å². The minimum atomic E-state index is -0.235. The van der Waals surface area contributed by atoms with E-state index >= 15 is 0 Å². The minimum absolute atomic E-state index is 0.00315. The molecule has 1 fully saturated rings. The Hall–Kier alpha value is -2.59. The number of hydrogen-bond donors (Lipinski definition) is 2. The normalized spacial score (nSPS) is 20.8. The van der Waals surface area contributed by atoms with Crippen molar-refractivity contribution in [3.05, 3.63) is 72.4 Å². The first kappa shape index (κ1) is 15.9. The second-order valence-corrected chi connectivity index (χ2v) is 6.84. The summed E-state index contributed by atoms with van der Waals surface area (Å²) in [5.74, 6) is 0.291. The molecule has 1 atom stereocenters. The Balaban J connectivity index is 1.50. The van der Waals surface area contributed by atoms with Crippen LogP contribution < -0.4 is 5.32 Å². The van der Waals surface area contributed by atoms with Gasteiger partial charge in [-0.1, -0.05) is 48.5 Å². The highest BCUT2D eigenvalue weighted by Crippen LogP contribution is 2.38. The van der Waals surface area contributed by atoms with E-state index in [1.165, 1.54) is 0 Å². The van der Waals surface area contributed by atoms with Gasteiger partial charge in [-0.15, -0.1) is 0 Å². The van der Waals surface area contributed by atoms with Crippen LogP contribution in [0.15, 0.2) is 66.9 Å². The number of hydrogen-bond acceptors (Lipinski definition) is 2. The lowest BCUT2D eigenvalue weighted by Gasteiger charge is -2.38. The first-order valence-electron chi connectivity index (χ1n) is 8.77. The summed E-state index contributed by atoms with van der Waals surface area (Å²) in [7, 11) is 0. The van der Waals surface area contributed by atoms with Crippen molar-refractivity contribution in [2.45, 2.75) is 31.5 Å². The molecule has 2 N–H and O–H groups in total. The molecule has 0 aliphatic heterocycles. The van der Waals surface area contributed by atoms with Crippen molar-refractivity contribution < 1.29 is 9.90 Å². The summed E-state index contributed by atoms with van der Waals surface area (Å²) in [6, 6.07) is 20.1. The van der Waals surface area contributed by atoms with E-state index in [0.717, 1.165) is 29.3 Å². The molecular weight excluding hydrogens is 312 g/mol. The number of aliphatic hydroxyl groups excluding tert-OH is 1. The van der Waals surface area contributed by atoms with Crippen LogP contribution >= 0.6 is 0 Å². The average Bonchev–Trinajstić information content (AvgIpc) is 3.01. The van der Waals surface area contributed by atoms with Crippen LogP contribution in [0.1, 0.15) is 24.4 Å². The van der Waals surface area contributed by atoms with E-state index in [1.54, 1.807) is 0 Å². The molecule has 1 heterocycles. The Labute approximate surface area is 147 Å². The van der Waals surface area contributed by atoms with Crippen molar-refractivity contribution in [3.8, 4) is 0 Å². The van der Waals surface area contributed by atoms with Crippen LogP contribution in [-0.2, 0) is 11.3 Å². The predicted octanol–water partition coefficient (Wildman–Crippen LogP) is 3.27. The summed E-state index contributed by atoms with van der Waals surface area (Å²) >= 11 is 0. The number of nitrogens with one attached hydrogen (secondary N) is 1. The molecule has 3 aromatic rings. The van der Waals surface area contributed by atoms with Gasteiger partial charge in [-0.05, 0) is 41.8 Å². The number of amides is 1. The standard InChI is InChI=1S/C21H22N2O2/c24-18-12-17(13-18)21(16-7-2-1-3-8-16)22-20(25)14-23-11-10-15-6-4-5-9-19(15)23/h1-11,17-18,21,24H,12-14H2,(H,22,25)/t17?,18?,21-/m0/s1. The van der Waals surface area contributed by atoms with Crippen LogP contribution in [-0.4, -0.2) is 21.7 Å². The molecule has 2 aromatic carbocycles. The topological polar surface area (TPSA) is 54.3 Å². The van der Waals surface area contributed by atoms with E-state index in [-0.39, 0.29) is 18.1 Å². The number of benzene rings is 2. The maximum absolute atomic E-state index is 12.7. The third-order valence-corrected chi connectivity index (χ3v) is 5.09. The number of para-hydroxylation sites is 1. The molecular formula is C21H22N2O2. The largest absolute Gasteiger partial charge is 0.393 e. The SMILES string of the molecule is O=C(Cn1ccc2ccccc21)N[C@@H](c1ccccc1)C1CC(O)C1. The summed E-state index contributed by atoms with van der Waals surface area (Å²) in [5.41, 5.74) is 2.16. The molecule has 1 saturated carbocycles. The molecule has 0 spiro atoms. The van der Waals surface area contributed by atoms with Gasteiger partial charge in [-0.25, -0.2) is 0 Å². The second kappa shape index (κ2) is 6.73. The fourth-order valence-corrected chi connectivity index (χ4v) is 3.69. The number of aliphatic hydroxyl groups is 1. The van der Waals surface area contributed by atoms with Crippen LogP contribution in [0.2, 0.25) is 0 Å². The van der Waals surface area contributed by atoms with Gasteiger partial charge in [0.05, 0.1) is 12.1 Å². The van der Waals surface area contributed by atoms with Crippen molar-refractivity contribution in [1.82, 2.24) is 9.88 Å². The quantitative estimate of drug-likeness (QED) is 0.752. The van der Waals surface area contributed by atoms with E-state index in [9.17, 15) is 9.90 Å². The van der Waals surface area contributed by atoms with Gasteiger partial charge in [0.2, 0.25) is 5.91 Å². The molecule has 0 bridgehead atoms. The Morgan fingerprint density at radius 2 is 1.80 bits per heavy atom. The van der Waals surface area contributed by atoms with Gasteiger partial charge >= 0.3 is 0 Å². The minimum Gasteiger partial charge on any atom is -0.393 e. The second-order valence-electron chi connectivity index (χ2n) is 6.84. The van der Waals surface area contributed by atoms with E-state index < -0.39 is 0 Å². The Kier molecular flexibility index (Phi) is 4.28. The van der Waals surface area contributed by atoms with Gasteiger partial charge in [0.25, 0.3) is 0 Å². The third-order valence-electron chi connectivity index (χ3n) is 5.09. The first-order valence-corrected chi connectivity index (χ1v) is 8.77. The zero-order valence-corrected chi connectivity index (χ0v) is 14.0. The summed E-state index contributed by atoms with van der Waals surface area (Å²) in [5, 5.41) is 14.0. The maximum atomic E-state index is 12.7. The lowest BCUT2D eigenvalue weighted by atomic mass is 9.75. The van der Waals surface area contributed by atoms with E-state index in [4.69, 9.17) is 0 Å². The Bertz CT molecular complexity index is 866. The summed E-state index contributed by atoms with van der Waals surface area (Å²) in [6.45, 7) is 0.298. The van der Waals surface area contributed by atoms with Gasteiger partial charge < -0.3 is 15.0 Å². The molecule has 1 aliphatic rings. The predicted molar refractivity (Wildman–Crippen MR) is 98.0 cm³/mol. The maximum Gasteiger partial charge on any atom is 0.240 e. The number of carbonyl (C=O) groups excluding carboxylic acids is 1. The summed E-state index contributed by atoms with van der Waals surface area (Å²) < 4.78 is 1.97. The Morgan fingerprint density at radius 1 is 1.08 bits per heavy atom. The highest BCUT2D eigenvalue weighted by molar-refractivity contribution is 5.83. The van der Waals surface area contributed by atoms with E-state index in [2.05, 4.69) is 5.32 Å². The van der Waals surface area contributed by atoms with Crippen molar-refractivity contribution in [1.29, 1.82) is 0 Å². The van der Waals surface area contributed by atoms with Crippen LogP contribution in [0, 0.1) is 5.92 Å². The highest BCUT2D eigenvalue weighted by Gasteiger charge is 2.35. The zero-order valence-electron chi connectivity index (χ0n) is 14.0. The Morgan fingerprint density at radius 3 is 2.56 bits per heavy atom. The molecule has 1 aromatic heterocycles. The number of carbonyl (C=O) groups is 1. The third kappa shape index (κ3) is 3.30. The highest BCUT2D eigenvalue weighted by atomic mass is 16.3. The molecule has 0 unspecified atom stereocenters. The van der Waals surface area contributed by atoms with Gasteiger partial charge in [-0.2, -0.15) is 0 Å². The van der Waals surface area contributed by atoms with Gasteiger partial charge in [0.15, 0.2) is 0 Å². The molecule has 25 heavy (non-hydrogen) atoms.